The van der Waals surface area contributed by atoms with E-state index in [0.717, 1.165) is 0 Å². The third-order valence-electron chi connectivity index (χ3n) is 5.90. The normalized spacial score (nSPS) is 30.2. The standard InChI is InChI=1S/C18H27N2O8P/c1-19(29(25,9-13(21)26-2)10-14(22)27-3)7-4-8-20-17(23)15-11-5-6-12(28-11)16(15)18(20)24/h5-6,11-12,15-17,23H,4,7-10H2,1-3H3. The van der Waals surface area contributed by atoms with Gasteiger partial charge in [0.1, 0.15) is 18.6 Å². The van der Waals surface area contributed by atoms with E-state index >= 15 is 0 Å². The minimum absolute atomic E-state index is 0.144. The van der Waals surface area contributed by atoms with E-state index in [1.807, 2.05) is 12.2 Å². The Hall–Kier alpha value is -1.74. The molecule has 0 spiro atoms. The molecule has 3 heterocycles. The average molecular weight is 430 g/mol. The lowest BCUT2D eigenvalue weighted by Gasteiger charge is -2.29. The number of carbonyl (C=O) groups is 3. The fourth-order valence-corrected chi connectivity index (χ4v) is 6.42. The van der Waals surface area contributed by atoms with Gasteiger partial charge in [0, 0.05) is 19.0 Å². The van der Waals surface area contributed by atoms with Gasteiger partial charge in [-0.15, -0.1) is 0 Å². The predicted molar refractivity (Wildman–Crippen MR) is 101 cm³/mol. The summed E-state index contributed by atoms with van der Waals surface area (Å²) >= 11 is 0. The molecule has 3 rings (SSSR count). The third kappa shape index (κ3) is 4.12. The monoisotopic (exact) mass is 430 g/mol. The van der Waals surface area contributed by atoms with Crippen LogP contribution in [0.2, 0.25) is 0 Å². The molecule has 29 heavy (non-hydrogen) atoms. The number of fused-ring (bicyclic) bond motifs is 5. The number of aliphatic hydroxyl groups is 1. The Morgan fingerprint density at radius 3 is 2.34 bits per heavy atom. The Balaban J connectivity index is 1.58. The first-order valence-electron chi connectivity index (χ1n) is 9.47. The van der Waals surface area contributed by atoms with Crippen LogP contribution in [0, 0.1) is 11.8 Å². The summed E-state index contributed by atoms with van der Waals surface area (Å²) in [5, 5.41) is 10.6. The van der Waals surface area contributed by atoms with E-state index in [1.54, 1.807) is 7.05 Å². The number of carbonyl (C=O) groups excluding carboxylic acids is 3. The first-order chi connectivity index (χ1) is 13.7. The molecular formula is C18H27N2O8P. The SMILES string of the molecule is COC(=O)CP(=O)(CC(=O)OC)N(C)CCCN1C(=O)C2C3C=CC(O3)C2C1O. The van der Waals surface area contributed by atoms with Gasteiger partial charge >= 0.3 is 11.9 Å². The molecule has 0 aliphatic carbocycles. The number of methoxy groups -OCH3 is 2. The molecule has 0 aromatic heterocycles. The Morgan fingerprint density at radius 2 is 1.79 bits per heavy atom. The number of nitrogens with zero attached hydrogens (tertiary/aromatic N) is 2. The molecular weight excluding hydrogens is 403 g/mol. The smallest absolute Gasteiger partial charge is 0.314 e. The second kappa shape index (κ2) is 8.55. The van der Waals surface area contributed by atoms with Crippen molar-refractivity contribution in [1.82, 2.24) is 9.57 Å². The largest absolute Gasteiger partial charge is 0.469 e. The van der Waals surface area contributed by atoms with Gasteiger partial charge in [-0.05, 0) is 13.5 Å². The molecule has 0 aromatic rings. The third-order valence-corrected chi connectivity index (χ3v) is 8.84. The van der Waals surface area contributed by atoms with Crippen LogP contribution >= 0.6 is 7.29 Å². The molecule has 0 radical (unpaired) electrons. The number of hydrogen-bond donors (Lipinski definition) is 1. The minimum atomic E-state index is -3.39. The molecule has 1 N–H and O–H groups in total. The number of esters is 2. The van der Waals surface area contributed by atoms with E-state index in [1.165, 1.54) is 23.8 Å². The summed E-state index contributed by atoms with van der Waals surface area (Å²) in [6.07, 6.45) is 1.91. The maximum atomic E-state index is 13.2. The lowest BCUT2D eigenvalue weighted by Crippen LogP contribution is -2.39. The van der Waals surface area contributed by atoms with Crippen LogP contribution in [0.25, 0.3) is 0 Å². The number of rotatable bonds is 9. The summed E-state index contributed by atoms with van der Waals surface area (Å²) in [6, 6.07) is 0. The van der Waals surface area contributed by atoms with Crippen LogP contribution in [-0.4, -0.2) is 97.6 Å². The highest BCUT2D eigenvalue weighted by Gasteiger charge is 2.60. The number of aliphatic hydroxyl groups excluding tert-OH is 1. The molecule has 2 saturated heterocycles. The van der Waals surface area contributed by atoms with Gasteiger partial charge in [-0.25, -0.2) is 0 Å². The van der Waals surface area contributed by atoms with Crippen LogP contribution < -0.4 is 0 Å². The van der Waals surface area contributed by atoms with Crippen LogP contribution in [0.15, 0.2) is 12.2 Å². The summed E-state index contributed by atoms with van der Waals surface area (Å²) in [5.74, 6) is -2.12. The number of hydrogen-bond acceptors (Lipinski definition) is 8. The lowest BCUT2D eigenvalue weighted by molar-refractivity contribution is -0.139. The van der Waals surface area contributed by atoms with Crippen molar-refractivity contribution < 1.29 is 38.3 Å². The molecule has 0 saturated carbocycles. The highest BCUT2D eigenvalue weighted by molar-refractivity contribution is 7.63. The summed E-state index contributed by atoms with van der Waals surface area (Å²) in [4.78, 5) is 37.5. The lowest BCUT2D eigenvalue weighted by atomic mass is 9.85. The summed E-state index contributed by atoms with van der Waals surface area (Å²) in [5.41, 5.74) is 0. The zero-order valence-electron chi connectivity index (χ0n) is 16.7. The summed E-state index contributed by atoms with van der Waals surface area (Å²) in [7, 11) is 0.546. The first-order valence-corrected chi connectivity index (χ1v) is 11.5. The second-order valence-corrected chi connectivity index (χ2v) is 10.6. The van der Waals surface area contributed by atoms with Gasteiger partial charge in [0.15, 0.2) is 7.29 Å². The highest BCUT2D eigenvalue weighted by Crippen LogP contribution is 2.49. The molecule has 3 aliphatic heterocycles. The van der Waals surface area contributed by atoms with Gasteiger partial charge in [0.05, 0.1) is 32.3 Å². The maximum Gasteiger partial charge on any atom is 0.314 e. The first kappa shape index (κ1) is 22.0. The van der Waals surface area contributed by atoms with Crippen molar-refractivity contribution >= 4 is 25.1 Å². The number of likely N-dealkylation sites (tertiary alicyclic amines) is 1. The van der Waals surface area contributed by atoms with Gasteiger partial charge in [-0.2, -0.15) is 0 Å². The Bertz CT molecular complexity index is 734. The van der Waals surface area contributed by atoms with E-state index in [2.05, 4.69) is 9.47 Å². The van der Waals surface area contributed by atoms with Crippen LogP contribution in [0.3, 0.4) is 0 Å². The second-order valence-electron chi connectivity index (χ2n) is 7.55. The van der Waals surface area contributed by atoms with Gasteiger partial charge in [0.25, 0.3) is 0 Å². The van der Waals surface area contributed by atoms with Crippen molar-refractivity contribution in [2.24, 2.45) is 11.8 Å². The number of ether oxygens (including phenoxy) is 3. The fourth-order valence-electron chi connectivity index (χ4n) is 4.25. The van der Waals surface area contributed by atoms with E-state index in [-0.39, 0.29) is 43.0 Å². The van der Waals surface area contributed by atoms with Crippen molar-refractivity contribution in [2.45, 2.75) is 24.9 Å². The van der Waals surface area contributed by atoms with E-state index in [9.17, 15) is 24.1 Å². The molecule has 3 aliphatic rings. The molecule has 5 atom stereocenters. The highest BCUT2D eigenvalue weighted by atomic mass is 31.2. The maximum absolute atomic E-state index is 13.2. The molecule has 162 valence electrons. The van der Waals surface area contributed by atoms with E-state index in [0.29, 0.717) is 6.42 Å². The van der Waals surface area contributed by atoms with Crippen molar-refractivity contribution in [1.29, 1.82) is 0 Å². The van der Waals surface area contributed by atoms with Crippen molar-refractivity contribution in [3.8, 4) is 0 Å². The molecule has 11 heteroatoms. The van der Waals surface area contributed by atoms with Crippen LogP contribution in [0.5, 0.6) is 0 Å². The predicted octanol–water partition coefficient (Wildman–Crippen LogP) is -0.337. The van der Waals surface area contributed by atoms with Gasteiger partial charge in [0.2, 0.25) is 5.91 Å². The molecule has 2 bridgehead atoms. The molecule has 0 aromatic carbocycles. The topological polar surface area (TPSA) is 123 Å². The molecule has 5 unspecified atom stereocenters. The van der Waals surface area contributed by atoms with Crippen molar-refractivity contribution in [3.63, 3.8) is 0 Å². The molecule has 1 amide bonds. The van der Waals surface area contributed by atoms with Crippen LogP contribution in [0.1, 0.15) is 6.42 Å². The fraction of sp³-hybridized carbons (Fsp3) is 0.722. The Labute approximate surface area is 169 Å². The van der Waals surface area contributed by atoms with Gasteiger partial charge in [-0.3, -0.25) is 19.1 Å². The van der Waals surface area contributed by atoms with Crippen LogP contribution in [-0.2, 0) is 33.2 Å². The zero-order chi connectivity index (χ0) is 21.3. The Kier molecular flexibility index (Phi) is 6.48. The van der Waals surface area contributed by atoms with Crippen molar-refractivity contribution in [2.75, 3.05) is 46.7 Å². The zero-order valence-corrected chi connectivity index (χ0v) is 17.6. The van der Waals surface area contributed by atoms with Crippen LogP contribution in [0.4, 0.5) is 0 Å². The summed E-state index contributed by atoms with van der Waals surface area (Å²) < 4.78 is 29.6. The van der Waals surface area contributed by atoms with Gasteiger partial charge < -0.3 is 28.8 Å². The molecule has 2 fully saturated rings. The minimum Gasteiger partial charge on any atom is -0.469 e. The summed E-state index contributed by atoms with van der Waals surface area (Å²) in [6.45, 7) is 0.534. The van der Waals surface area contributed by atoms with E-state index < -0.39 is 37.8 Å². The average Bonchev–Trinajstić information content (AvgIpc) is 3.36. The number of amides is 1. The van der Waals surface area contributed by atoms with Gasteiger partial charge in [-0.1, -0.05) is 12.2 Å². The quantitative estimate of drug-likeness (QED) is 0.297. The van der Waals surface area contributed by atoms with Crippen molar-refractivity contribution in [3.05, 3.63) is 12.2 Å². The van der Waals surface area contributed by atoms with E-state index in [4.69, 9.17) is 4.74 Å². The molecule has 10 nitrogen and oxygen atoms in total. The Morgan fingerprint density at radius 1 is 1.21 bits per heavy atom.